The van der Waals surface area contributed by atoms with Crippen molar-refractivity contribution in [1.82, 2.24) is 0 Å². The van der Waals surface area contributed by atoms with Crippen LogP contribution in [0.15, 0.2) is 53.1 Å². The minimum atomic E-state index is -0.465. The summed E-state index contributed by atoms with van der Waals surface area (Å²) in [5, 5.41) is 12.7. The van der Waals surface area contributed by atoms with Crippen molar-refractivity contribution in [2.24, 2.45) is 0 Å². The molecule has 0 spiro atoms. The van der Waals surface area contributed by atoms with Crippen molar-refractivity contribution in [3.8, 4) is 0 Å². The van der Waals surface area contributed by atoms with Gasteiger partial charge < -0.3 is 29.9 Å². The zero-order chi connectivity index (χ0) is 15.1. The topological polar surface area (TPSA) is 20.2 Å². The van der Waals surface area contributed by atoms with Gasteiger partial charge in [0.25, 0.3) is 0 Å². The minimum absolute atomic E-state index is 0. The van der Waals surface area contributed by atoms with Gasteiger partial charge in [-0.1, -0.05) is 42.0 Å². The first-order valence-corrected chi connectivity index (χ1v) is 7.57. The van der Waals surface area contributed by atoms with Gasteiger partial charge in [0, 0.05) is 0 Å². The smallest absolute Gasteiger partial charge is 1.00 e. The van der Waals surface area contributed by atoms with Gasteiger partial charge in [0.1, 0.15) is 0 Å². The molecule has 0 heterocycles. The van der Waals surface area contributed by atoms with Gasteiger partial charge in [-0.3, -0.25) is 0 Å². The second kappa shape index (κ2) is 9.22. The van der Waals surface area contributed by atoms with E-state index in [9.17, 15) is 5.11 Å². The van der Waals surface area contributed by atoms with E-state index in [4.69, 9.17) is 0 Å². The molecule has 1 aliphatic rings. The third-order valence-electron chi connectivity index (χ3n) is 4.81. The molecule has 4 heteroatoms. The summed E-state index contributed by atoms with van der Waals surface area (Å²) in [5.74, 6) is 0. The van der Waals surface area contributed by atoms with Gasteiger partial charge in [0.2, 0.25) is 0 Å². The van der Waals surface area contributed by atoms with Gasteiger partial charge in [-0.25, -0.2) is 0 Å². The number of aliphatic hydroxyl groups excluding tert-OH is 1. The molecule has 0 radical (unpaired) electrons. The first-order valence-electron chi connectivity index (χ1n) is 7.57. The van der Waals surface area contributed by atoms with Crippen LogP contribution in [0.1, 0.15) is 51.3 Å². The maximum absolute atomic E-state index is 10.3. The third kappa shape index (κ3) is 3.98. The average molecular weight is 397 g/mol. The van der Waals surface area contributed by atoms with Crippen LogP contribution in [0.4, 0.5) is 0 Å². The summed E-state index contributed by atoms with van der Waals surface area (Å²) >= 11 is 0. The Kier molecular flexibility index (Phi) is 9.00. The van der Waals surface area contributed by atoms with Crippen LogP contribution >= 0.6 is 0 Å². The van der Waals surface area contributed by atoms with Crippen LogP contribution in [0, 0.1) is 0 Å². The molecule has 0 amide bonds. The van der Waals surface area contributed by atoms with E-state index in [1.165, 1.54) is 33.2 Å². The zero-order valence-electron chi connectivity index (χ0n) is 14.5. The SMILES string of the molecule is CC1=C(C)C(C)=C(c2ccc3ccccc3c2C(C)O)C1.[Cl-].[Cl-].[Ti+2]. The molecule has 1 nitrogen and oxygen atoms in total. The average Bonchev–Trinajstić information content (AvgIpc) is 2.73. The fourth-order valence-electron chi connectivity index (χ4n) is 3.38. The van der Waals surface area contributed by atoms with Crippen molar-refractivity contribution in [3.05, 3.63) is 64.2 Å². The number of rotatable bonds is 2. The number of allylic oxidation sites excluding steroid dienone is 4. The van der Waals surface area contributed by atoms with Crippen LogP contribution in [-0.2, 0) is 21.7 Å². The first-order chi connectivity index (χ1) is 10.0. The molecule has 1 aliphatic carbocycles. The molecule has 24 heavy (non-hydrogen) atoms. The minimum Gasteiger partial charge on any atom is -1.00 e. The number of fused-ring (bicyclic) bond motifs is 1. The van der Waals surface area contributed by atoms with Crippen molar-refractivity contribution < 1.29 is 51.6 Å². The van der Waals surface area contributed by atoms with Crippen molar-refractivity contribution in [2.75, 3.05) is 0 Å². The molecule has 1 N–H and O–H groups in total. The summed E-state index contributed by atoms with van der Waals surface area (Å²) < 4.78 is 0. The van der Waals surface area contributed by atoms with Gasteiger partial charge in [-0.2, -0.15) is 0 Å². The van der Waals surface area contributed by atoms with E-state index < -0.39 is 6.10 Å². The normalized spacial score (nSPS) is 14.9. The molecule has 1 unspecified atom stereocenters. The number of hydrogen-bond acceptors (Lipinski definition) is 1. The third-order valence-corrected chi connectivity index (χ3v) is 4.81. The standard InChI is InChI=1S/C20H22O.2ClH.Ti/c1-12-11-19(14(3)13(12)2)18-10-9-16-7-5-6-8-17(16)20(18)15(4)21;;;/h5-10,15,21H,11H2,1-4H3;2*1H;/q;;;+2/p-2. The quantitative estimate of drug-likeness (QED) is 0.673. The molecule has 3 rings (SSSR count). The Morgan fingerprint density at radius 1 is 0.917 bits per heavy atom. The van der Waals surface area contributed by atoms with Crippen molar-refractivity contribution in [2.45, 2.75) is 40.2 Å². The summed E-state index contributed by atoms with van der Waals surface area (Å²) in [4.78, 5) is 0. The number of benzene rings is 2. The fraction of sp³-hybridized carbons (Fsp3) is 0.300. The van der Waals surface area contributed by atoms with E-state index in [0.29, 0.717) is 0 Å². The molecule has 2 aromatic carbocycles. The predicted molar refractivity (Wildman–Crippen MR) is 90.2 cm³/mol. The van der Waals surface area contributed by atoms with E-state index in [2.05, 4.69) is 45.0 Å². The fourth-order valence-corrected chi connectivity index (χ4v) is 3.38. The van der Waals surface area contributed by atoms with E-state index in [1.54, 1.807) is 0 Å². The molecular weight excluding hydrogens is 375 g/mol. The van der Waals surface area contributed by atoms with Crippen LogP contribution in [0.2, 0.25) is 0 Å². The van der Waals surface area contributed by atoms with Crippen molar-refractivity contribution >= 4 is 16.3 Å². The molecule has 0 bridgehead atoms. The van der Waals surface area contributed by atoms with Gasteiger partial charge in [0.15, 0.2) is 0 Å². The summed E-state index contributed by atoms with van der Waals surface area (Å²) in [6.45, 7) is 8.46. The molecular formula is C20H22Cl2OTi. The summed E-state index contributed by atoms with van der Waals surface area (Å²) in [5.41, 5.74) is 7.83. The number of aliphatic hydroxyl groups is 1. The Morgan fingerprint density at radius 2 is 1.54 bits per heavy atom. The van der Waals surface area contributed by atoms with E-state index in [-0.39, 0.29) is 46.5 Å². The Hall–Kier alpha value is -0.566. The predicted octanol–water partition coefficient (Wildman–Crippen LogP) is -0.588. The van der Waals surface area contributed by atoms with Crippen molar-refractivity contribution in [1.29, 1.82) is 0 Å². The summed E-state index contributed by atoms with van der Waals surface area (Å²) in [7, 11) is 0. The Balaban J connectivity index is 0.00000176. The van der Waals surface area contributed by atoms with E-state index in [1.807, 2.05) is 19.1 Å². The van der Waals surface area contributed by atoms with Crippen LogP contribution in [-0.4, -0.2) is 5.11 Å². The van der Waals surface area contributed by atoms with Crippen LogP contribution in [0.5, 0.6) is 0 Å². The Bertz CT molecular complexity index is 791. The number of hydrogen-bond donors (Lipinski definition) is 1. The van der Waals surface area contributed by atoms with Crippen molar-refractivity contribution in [3.63, 3.8) is 0 Å². The van der Waals surface area contributed by atoms with E-state index in [0.717, 1.165) is 17.4 Å². The van der Waals surface area contributed by atoms with Gasteiger partial charge in [-0.15, -0.1) is 0 Å². The second-order valence-electron chi connectivity index (χ2n) is 6.11. The number of halogens is 2. The molecule has 1 atom stereocenters. The molecule has 2 aromatic rings. The summed E-state index contributed by atoms with van der Waals surface area (Å²) in [6, 6.07) is 12.6. The molecule has 0 aliphatic heterocycles. The van der Waals surface area contributed by atoms with Gasteiger partial charge in [-0.05, 0) is 72.7 Å². The zero-order valence-corrected chi connectivity index (χ0v) is 17.5. The molecule has 126 valence electrons. The second-order valence-corrected chi connectivity index (χ2v) is 6.11. The summed E-state index contributed by atoms with van der Waals surface area (Å²) in [6.07, 6.45) is 0.531. The van der Waals surface area contributed by atoms with Gasteiger partial charge >= 0.3 is 21.7 Å². The Labute approximate surface area is 171 Å². The Morgan fingerprint density at radius 3 is 2.08 bits per heavy atom. The maximum Gasteiger partial charge on any atom is 2.00 e. The van der Waals surface area contributed by atoms with Gasteiger partial charge in [0.05, 0.1) is 6.10 Å². The molecule has 0 saturated carbocycles. The van der Waals surface area contributed by atoms with Crippen LogP contribution in [0.3, 0.4) is 0 Å². The van der Waals surface area contributed by atoms with E-state index >= 15 is 0 Å². The van der Waals surface area contributed by atoms with Crippen LogP contribution in [0.25, 0.3) is 16.3 Å². The van der Waals surface area contributed by atoms with Crippen LogP contribution < -0.4 is 24.8 Å². The molecule has 0 fully saturated rings. The first kappa shape index (κ1) is 23.4. The molecule has 0 saturated heterocycles. The monoisotopic (exact) mass is 396 g/mol. The molecule has 0 aromatic heterocycles. The largest absolute Gasteiger partial charge is 2.00 e. The maximum atomic E-state index is 10.3.